The van der Waals surface area contributed by atoms with Crippen LogP contribution in [-0.2, 0) is 16.1 Å². The molecule has 1 aromatic rings. The molecule has 1 unspecified atom stereocenters. The molecule has 100 valence electrons. The predicted octanol–water partition coefficient (Wildman–Crippen LogP) is 2.15. The topological polar surface area (TPSA) is 42.5 Å². The number of methoxy groups -OCH3 is 2. The first-order valence-electron chi connectivity index (χ1n) is 5.80. The number of hydrogen-bond acceptors (Lipinski definition) is 3. The lowest BCUT2D eigenvalue weighted by Gasteiger charge is -2.16. The first kappa shape index (κ1) is 14.9. The molecule has 0 amide bonds. The standard InChI is InChI=1S/C13H20N2O2S/c1-10(8-16-2)14-13(18)15-12-6-4-11(5-7-12)9-17-3/h4-7,10H,8-9H2,1-3H3,(H2,14,15,18). The Balaban J connectivity index is 2.44. The summed E-state index contributed by atoms with van der Waals surface area (Å²) >= 11 is 5.21. The van der Waals surface area contributed by atoms with Gasteiger partial charge in [-0.1, -0.05) is 12.1 Å². The van der Waals surface area contributed by atoms with Crippen LogP contribution in [0.4, 0.5) is 5.69 Å². The lowest BCUT2D eigenvalue weighted by molar-refractivity contribution is 0.179. The van der Waals surface area contributed by atoms with Crippen molar-refractivity contribution in [3.8, 4) is 0 Å². The molecule has 0 aliphatic rings. The maximum Gasteiger partial charge on any atom is 0.171 e. The van der Waals surface area contributed by atoms with Crippen LogP contribution in [-0.4, -0.2) is 32.0 Å². The van der Waals surface area contributed by atoms with Gasteiger partial charge in [0.15, 0.2) is 5.11 Å². The van der Waals surface area contributed by atoms with E-state index in [-0.39, 0.29) is 6.04 Å². The molecular weight excluding hydrogens is 248 g/mol. The van der Waals surface area contributed by atoms with E-state index in [1.165, 1.54) is 0 Å². The van der Waals surface area contributed by atoms with Gasteiger partial charge in [0.2, 0.25) is 0 Å². The Morgan fingerprint density at radius 3 is 2.44 bits per heavy atom. The summed E-state index contributed by atoms with van der Waals surface area (Å²) in [6, 6.07) is 8.15. The van der Waals surface area contributed by atoms with Crippen molar-refractivity contribution in [2.45, 2.75) is 19.6 Å². The van der Waals surface area contributed by atoms with Gasteiger partial charge >= 0.3 is 0 Å². The van der Waals surface area contributed by atoms with Gasteiger partial charge in [-0.05, 0) is 36.8 Å². The molecule has 0 bridgehead atoms. The largest absolute Gasteiger partial charge is 0.383 e. The minimum Gasteiger partial charge on any atom is -0.383 e. The molecule has 2 N–H and O–H groups in total. The Labute approximate surface area is 114 Å². The van der Waals surface area contributed by atoms with E-state index in [9.17, 15) is 0 Å². The van der Waals surface area contributed by atoms with E-state index in [1.807, 2.05) is 31.2 Å². The molecule has 1 rings (SSSR count). The maximum atomic E-state index is 5.21. The van der Waals surface area contributed by atoms with Crippen molar-refractivity contribution in [3.63, 3.8) is 0 Å². The van der Waals surface area contributed by atoms with Crippen LogP contribution in [0, 0.1) is 0 Å². The zero-order valence-corrected chi connectivity index (χ0v) is 11.8. The zero-order valence-electron chi connectivity index (χ0n) is 11.0. The Morgan fingerprint density at radius 1 is 1.22 bits per heavy atom. The number of ether oxygens (including phenoxy) is 2. The molecule has 0 spiro atoms. The van der Waals surface area contributed by atoms with E-state index in [1.54, 1.807) is 14.2 Å². The zero-order chi connectivity index (χ0) is 13.4. The van der Waals surface area contributed by atoms with Gasteiger partial charge in [0, 0.05) is 25.9 Å². The molecule has 0 saturated carbocycles. The van der Waals surface area contributed by atoms with Crippen molar-refractivity contribution in [1.82, 2.24) is 5.32 Å². The van der Waals surface area contributed by atoms with Crippen LogP contribution in [0.5, 0.6) is 0 Å². The van der Waals surface area contributed by atoms with Crippen molar-refractivity contribution in [2.75, 3.05) is 26.1 Å². The summed E-state index contributed by atoms with van der Waals surface area (Å²) in [5, 5.41) is 6.86. The summed E-state index contributed by atoms with van der Waals surface area (Å²) in [5.41, 5.74) is 2.09. The van der Waals surface area contributed by atoms with E-state index in [0.29, 0.717) is 18.3 Å². The third-order valence-electron chi connectivity index (χ3n) is 2.32. The van der Waals surface area contributed by atoms with Crippen molar-refractivity contribution < 1.29 is 9.47 Å². The summed E-state index contributed by atoms with van der Waals surface area (Å²) in [6.45, 7) is 3.25. The third-order valence-corrected chi connectivity index (χ3v) is 2.54. The molecular formula is C13H20N2O2S. The second-order valence-electron chi connectivity index (χ2n) is 4.08. The van der Waals surface area contributed by atoms with Crippen LogP contribution in [0.3, 0.4) is 0 Å². The minimum absolute atomic E-state index is 0.183. The summed E-state index contributed by atoms with van der Waals surface area (Å²) in [5.74, 6) is 0. The van der Waals surface area contributed by atoms with E-state index in [0.717, 1.165) is 11.3 Å². The Hall–Kier alpha value is -1.17. The quantitative estimate of drug-likeness (QED) is 0.774. The Kier molecular flexibility index (Phi) is 6.64. The van der Waals surface area contributed by atoms with E-state index in [2.05, 4.69) is 10.6 Å². The highest BCUT2D eigenvalue weighted by Crippen LogP contribution is 2.10. The molecule has 0 fully saturated rings. The highest BCUT2D eigenvalue weighted by Gasteiger charge is 2.03. The molecule has 0 heterocycles. The van der Waals surface area contributed by atoms with Gasteiger partial charge in [0.1, 0.15) is 0 Å². The predicted molar refractivity (Wildman–Crippen MR) is 77.8 cm³/mol. The van der Waals surface area contributed by atoms with Gasteiger partial charge in [-0.2, -0.15) is 0 Å². The number of benzene rings is 1. The Bertz CT molecular complexity index is 368. The average Bonchev–Trinajstić information content (AvgIpc) is 2.32. The summed E-state index contributed by atoms with van der Waals surface area (Å²) in [6.07, 6.45) is 0. The molecule has 0 saturated heterocycles. The maximum absolute atomic E-state index is 5.21. The van der Waals surface area contributed by atoms with Gasteiger partial charge < -0.3 is 20.1 Å². The number of rotatable bonds is 6. The molecule has 0 aromatic heterocycles. The first-order chi connectivity index (χ1) is 8.65. The third kappa shape index (κ3) is 5.44. The number of nitrogens with one attached hydrogen (secondary N) is 2. The molecule has 0 aliphatic carbocycles. The fourth-order valence-corrected chi connectivity index (χ4v) is 1.85. The van der Waals surface area contributed by atoms with Crippen LogP contribution in [0.15, 0.2) is 24.3 Å². The van der Waals surface area contributed by atoms with E-state index >= 15 is 0 Å². The number of hydrogen-bond donors (Lipinski definition) is 2. The number of anilines is 1. The van der Waals surface area contributed by atoms with Crippen LogP contribution >= 0.6 is 12.2 Å². The molecule has 0 aliphatic heterocycles. The lowest BCUT2D eigenvalue weighted by Crippen LogP contribution is -2.38. The number of thiocarbonyl (C=S) groups is 1. The fourth-order valence-electron chi connectivity index (χ4n) is 1.53. The van der Waals surface area contributed by atoms with Crippen molar-refractivity contribution >= 4 is 23.0 Å². The second kappa shape index (κ2) is 8.02. The van der Waals surface area contributed by atoms with Crippen LogP contribution < -0.4 is 10.6 Å². The molecule has 18 heavy (non-hydrogen) atoms. The molecule has 1 atom stereocenters. The van der Waals surface area contributed by atoms with Crippen molar-refractivity contribution in [3.05, 3.63) is 29.8 Å². The second-order valence-corrected chi connectivity index (χ2v) is 4.49. The SMILES string of the molecule is COCc1ccc(NC(=S)NC(C)COC)cc1. The Morgan fingerprint density at radius 2 is 1.89 bits per heavy atom. The monoisotopic (exact) mass is 268 g/mol. The van der Waals surface area contributed by atoms with Gasteiger partial charge in [0.05, 0.1) is 13.2 Å². The minimum atomic E-state index is 0.183. The van der Waals surface area contributed by atoms with Gasteiger partial charge in [0.25, 0.3) is 0 Å². The molecule has 4 nitrogen and oxygen atoms in total. The summed E-state index contributed by atoms with van der Waals surface area (Å²) in [4.78, 5) is 0. The molecule has 1 aromatic carbocycles. The van der Waals surface area contributed by atoms with Crippen LogP contribution in [0.1, 0.15) is 12.5 Å². The molecule has 5 heteroatoms. The first-order valence-corrected chi connectivity index (χ1v) is 6.21. The van der Waals surface area contributed by atoms with Crippen molar-refractivity contribution in [2.24, 2.45) is 0 Å². The fraction of sp³-hybridized carbons (Fsp3) is 0.462. The normalized spacial score (nSPS) is 11.9. The highest BCUT2D eigenvalue weighted by molar-refractivity contribution is 7.80. The average molecular weight is 268 g/mol. The van der Waals surface area contributed by atoms with Crippen LogP contribution in [0.2, 0.25) is 0 Å². The van der Waals surface area contributed by atoms with Crippen molar-refractivity contribution in [1.29, 1.82) is 0 Å². The van der Waals surface area contributed by atoms with Gasteiger partial charge in [-0.15, -0.1) is 0 Å². The van der Waals surface area contributed by atoms with Crippen LogP contribution in [0.25, 0.3) is 0 Å². The molecule has 0 radical (unpaired) electrons. The van der Waals surface area contributed by atoms with E-state index < -0.39 is 0 Å². The van der Waals surface area contributed by atoms with Gasteiger partial charge in [-0.25, -0.2) is 0 Å². The highest BCUT2D eigenvalue weighted by atomic mass is 32.1. The summed E-state index contributed by atoms with van der Waals surface area (Å²) < 4.78 is 10.1. The summed E-state index contributed by atoms with van der Waals surface area (Å²) in [7, 11) is 3.35. The lowest BCUT2D eigenvalue weighted by atomic mass is 10.2. The van der Waals surface area contributed by atoms with E-state index in [4.69, 9.17) is 21.7 Å². The van der Waals surface area contributed by atoms with Gasteiger partial charge in [-0.3, -0.25) is 0 Å². The smallest absolute Gasteiger partial charge is 0.171 e.